The summed E-state index contributed by atoms with van der Waals surface area (Å²) in [6, 6.07) is 11.6. The Kier molecular flexibility index (Phi) is 5.15. The monoisotopic (exact) mass is 378 g/mol. The van der Waals surface area contributed by atoms with E-state index in [1.54, 1.807) is 4.68 Å². The van der Waals surface area contributed by atoms with Gasteiger partial charge in [-0.2, -0.15) is 5.10 Å². The van der Waals surface area contributed by atoms with Crippen molar-refractivity contribution in [2.45, 2.75) is 20.4 Å². The first-order valence-corrected chi connectivity index (χ1v) is 9.94. The van der Waals surface area contributed by atoms with Crippen LogP contribution in [0, 0.1) is 0 Å². The number of anilines is 1. The van der Waals surface area contributed by atoms with Crippen molar-refractivity contribution in [3.8, 4) is 11.3 Å². The third-order valence-corrected chi connectivity index (χ3v) is 5.52. The van der Waals surface area contributed by atoms with Crippen molar-refractivity contribution in [2.24, 2.45) is 0 Å². The molecular weight excluding hydrogens is 352 g/mol. The molecule has 0 atom stereocenters. The summed E-state index contributed by atoms with van der Waals surface area (Å²) in [7, 11) is 0. The van der Waals surface area contributed by atoms with E-state index in [1.165, 1.54) is 0 Å². The molecule has 0 unspecified atom stereocenters. The molecule has 1 aromatic heterocycles. The Balaban J connectivity index is 1.81. The van der Waals surface area contributed by atoms with Crippen LogP contribution in [0.3, 0.4) is 0 Å². The number of fused-ring (bicyclic) bond motifs is 2. The fourth-order valence-corrected chi connectivity index (χ4v) is 4.02. The van der Waals surface area contributed by atoms with E-state index in [0.29, 0.717) is 17.7 Å². The number of hydrogen-bond acceptors (Lipinski definition) is 5. The molecule has 0 aliphatic heterocycles. The second-order valence-corrected chi connectivity index (χ2v) is 7.01. The molecule has 0 spiro atoms. The SMILES string of the molecule is CCN(CC)CCNc1ccc2c3c(nn2CCO)-c2ccccc2C(=O)c13. The van der Waals surface area contributed by atoms with Gasteiger partial charge in [0.05, 0.1) is 24.2 Å². The molecular formula is C22H26N4O2. The Hall–Kier alpha value is -2.70. The molecule has 2 aromatic carbocycles. The van der Waals surface area contributed by atoms with Crippen LogP contribution >= 0.6 is 0 Å². The Morgan fingerprint density at radius 1 is 1.11 bits per heavy atom. The molecule has 0 radical (unpaired) electrons. The maximum atomic E-state index is 13.4. The molecule has 0 bridgehead atoms. The van der Waals surface area contributed by atoms with Crippen molar-refractivity contribution in [1.82, 2.24) is 14.7 Å². The minimum absolute atomic E-state index is 0.00498. The maximum absolute atomic E-state index is 13.4. The van der Waals surface area contributed by atoms with Gasteiger partial charge in [-0.3, -0.25) is 9.48 Å². The van der Waals surface area contributed by atoms with Crippen molar-refractivity contribution >= 4 is 22.4 Å². The van der Waals surface area contributed by atoms with Gasteiger partial charge in [-0.25, -0.2) is 0 Å². The zero-order valence-corrected chi connectivity index (χ0v) is 16.4. The summed E-state index contributed by atoms with van der Waals surface area (Å²) in [6.07, 6.45) is 0. The number of rotatable bonds is 8. The minimum Gasteiger partial charge on any atom is -0.394 e. The molecule has 28 heavy (non-hydrogen) atoms. The predicted octanol–water partition coefficient (Wildman–Crippen LogP) is 2.99. The molecule has 0 fully saturated rings. The Morgan fingerprint density at radius 2 is 1.86 bits per heavy atom. The number of aliphatic hydroxyl groups excluding tert-OH is 1. The molecule has 1 aliphatic carbocycles. The smallest absolute Gasteiger partial charge is 0.196 e. The zero-order valence-electron chi connectivity index (χ0n) is 16.4. The third kappa shape index (κ3) is 2.99. The van der Waals surface area contributed by atoms with Crippen LogP contribution in [0.25, 0.3) is 22.2 Å². The predicted molar refractivity (Wildman–Crippen MR) is 112 cm³/mol. The number of ketones is 1. The molecule has 1 heterocycles. The second-order valence-electron chi connectivity index (χ2n) is 7.01. The van der Waals surface area contributed by atoms with Crippen molar-refractivity contribution in [3.63, 3.8) is 0 Å². The summed E-state index contributed by atoms with van der Waals surface area (Å²) in [6.45, 7) is 8.43. The first-order valence-electron chi connectivity index (χ1n) is 9.94. The molecule has 1 aliphatic rings. The molecule has 0 saturated carbocycles. The van der Waals surface area contributed by atoms with Crippen molar-refractivity contribution in [1.29, 1.82) is 0 Å². The summed E-state index contributed by atoms with van der Waals surface area (Å²) in [5.41, 5.74) is 4.79. The average Bonchev–Trinajstić information content (AvgIpc) is 3.09. The molecule has 6 heteroatoms. The molecule has 2 N–H and O–H groups in total. The van der Waals surface area contributed by atoms with E-state index in [-0.39, 0.29) is 12.4 Å². The highest BCUT2D eigenvalue weighted by Crippen LogP contribution is 2.41. The number of hydrogen-bond donors (Lipinski definition) is 2. The van der Waals surface area contributed by atoms with Gasteiger partial charge in [-0.15, -0.1) is 0 Å². The van der Waals surface area contributed by atoms with Crippen LogP contribution < -0.4 is 5.32 Å². The average molecular weight is 378 g/mol. The van der Waals surface area contributed by atoms with Crippen molar-refractivity contribution in [2.75, 3.05) is 38.1 Å². The number of nitrogens with one attached hydrogen (secondary N) is 1. The van der Waals surface area contributed by atoms with Gasteiger partial charge in [0.25, 0.3) is 0 Å². The highest BCUT2D eigenvalue weighted by atomic mass is 16.3. The fraction of sp³-hybridized carbons (Fsp3) is 0.364. The molecule has 0 saturated heterocycles. The Labute approximate surface area is 164 Å². The molecule has 146 valence electrons. The zero-order chi connectivity index (χ0) is 19.7. The van der Waals surface area contributed by atoms with Crippen LogP contribution in [0.15, 0.2) is 36.4 Å². The van der Waals surface area contributed by atoms with E-state index in [1.807, 2.05) is 36.4 Å². The van der Waals surface area contributed by atoms with E-state index in [0.717, 1.165) is 54.0 Å². The quantitative estimate of drug-likeness (QED) is 0.493. The minimum atomic E-state index is 0.00498. The van der Waals surface area contributed by atoms with Gasteiger partial charge in [0.15, 0.2) is 5.78 Å². The fourth-order valence-electron chi connectivity index (χ4n) is 4.02. The number of carbonyl (C=O) groups is 1. The van der Waals surface area contributed by atoms with Gasteiger partial charge < -0.3 is 15.3 Å². The van der Waals surface area contributed by atoms with Gasteiger partial charge in [-0.1, -0.05) is 38.1 Å². The topological polar surface area (TPSA) is 70.4 Å². The molecule has 3 aromatic rings. The van der Waals surface area contributed by atoms with Crippen LogP contribution in [0.5, 0.6) is 0 Å². The van der Waals surface area contributed by atoms with E-state index in [2.05, 4.69) is 24.1 Å². The van der Waals surface area contributed by atoms with Crippen LogP contribution in [0.1, 0.15) is 29.8 Å². The lowest BCUT2D eigenvalue weighted by molar-refractivity contribution is 0.104. The lowest BCUT2D eigenvalue weighted by atomic mass is 9.86. The maximum Gasteiger partial charge on any atom is 0.196 e. The largest absolute Gasteiger partial charge is 0.394 e. The Morgan fingerprint density at radius 3 is 2.57 bits per heavy atom. The Bertz CT molecular complexity index is 1020. The van der Waals surface area contributed by atoms with Gasteiger partial charge in [0.2, 0.25) is 0 Å². The number of benzene rings is 2. The van der Waals surface area contributed by atoms with Crippen LogP contribution in [-0.4, -0.2) is 58.4 Å². The van der Waals surface area contributed by atoms with E-state index in [4.69, 9.17) is 5.10 Å². The number of aliphatic hydroxyl groups is 1. The summed E-state index contributed by atoms with van der Waals surface area (Å²) in [5.74, 6) is 0.0302. The van der Waals surface area contributed by atoms with E-state index in [9.17, 15) is 9.90 Å². The third-order valence-electron chi connectivity index (χ3n) is 5.52. The molecule has 4 rings (SSSR count). The van der Waals surface area contributed by atoms with E-state index < -0.39 is 0 Å². The number of likely N-dealkylation sites (N-methyl/N-ethyl adjacent to an activating group) is 1. The van der Waals surface area contributed by atoms with Crippen LogP contribution in [0.4, 0.5) is 5.69 Å². The van der Waals surface area contributed by atoms with Gasteiger partial charge in [-0.05, 0) is 25.2 Å². The normalized spacial score (nSPS) is 12.6. The van der Waals surface area contributed by atoms with Crippen molar-refractivity contribution in [3.05, 3.63) is 47.5 Å². The standard InChI is InChI=1S/C22H26N4O2/c1-3-25(4-2)12-11-23-17-9-10-18-20-19(17)22(28)16-8-6-5-7-15(16)21(20)24-26(18)13-14-27/h5-10,23,27H,3-4,11-14H2,1-2H3. The lowest BCUT2D eigenvalue weighted by Gasteiger charge is -2.21. The summed E-state index contributed by atoms with van der Waals surface area (Å²) >= 11 is 0. The summed E-state index contributed by atoms with van der Waals surface area (Å²) in [4.78, 5) is 15.7. The highest BCUT2D eigenvalue weighted by molar-refractivity contribution is 6.27. The number of nitrogens with zero attached hydrogens (tertiary/aromatic N) is 3. The first-order chi connectivity index (χ1) is 13.7. The molecule has 6 nitrogen and oxygen atoms in total. The summed E-state index contributed by atoms with van der Waals surface area (Å²) in [5, 5.41) is 18.5. The number of aromatic nitrogens is 2. The van der Waals surface area contributed by atoms with E-state index >= 15 is 0 Å². The van der Waals surface area contributed by atoms with Crippen molar-refractivity contribution < 1.29 is 9.90 Å². The van der Waals surface area contributed by atoms with Gasteiger partial charge in [0.1, 0.15) is 5.69 Å². The summed E-state index contributed by atoms with van der Waals surface area (Å²) < 4.78 is 1.79. The van der Waals surface area contributed by atoms with Gasteiger partial charge >= 0.3 is 0 Å². The molecule has 0 amide bonds. The first kappa shape index (κ1) is 18.7. The second kappa shape index (κ2) is 7.73. The van der Waals surface area contributed by atoms with Gasteiger partial charge in [0, 0.05) is 35.3 Å². The van der Waals surface area contributed by atoms with Crippen LogP contribution in [-0.2, 0) is 6.54 Å². The number of carbonyl (C=O) groups excluding carboxylic acids is 1. The lowest BCUT2D eigenvalue weighted by Crippen LogP contribution is -2.29. The highest BCUT2D eigenvalue weighted by Gasteiger charge is 2.30. The van der Waals surface area contributed by atoms with Crippen LogP contribution in [0.2, 0.25) is 0 Å².